The standard InChI is InChI=1S/C19H19N3O3/c1-12-10-16(22(2)21-12)18(23)20-17(19(24)25-3)15-9-8-13-6-4-5-7-14(13)11-15/h4-11,17H,1-3H3,(H,20,23)/t17-/m1/s1. The first-order valence-electron chi connectivity index (χ1n) is 7.87. The molecule has 1 atom stereocenters. The first-order valence-corrected chi connectivity index (χ1v) is 7.87. The fourth-order valence-corrected chi connectivity index (χ4v) is 2.81. The first kappa shape index (κ1) is 16.7. The fourth-order valence-electron chi connectivity index (χ4n) is 2.81. The van der Waals surface area contributed by atoms with Crippen molar-refractivity contribution in [2.45, 2.75) is 13.0 Å². The minimum Gasteiger partial charge on any atom is -0.467 e. The van der Waals surface area contributed by atoms with E-state index in [1.54, 1.807) is 20.0 Å². The van der Waals surface area contributed by atoms with Gasteiger partial charge in [-0.25, -0.2) is 4.79 Å². The smallest absolute Gasteiger partial charge is 0.333 e. The zero-order chi connectivity index (χ0) is 18.0. The highest BCUT2D eigenvalue weighted by atomic mass is 16.5. The number of methoxy groups -OCH3 is 1. The van der Waals surface area contributed by atoms with Gasteiger partial charge in [-0.15, -0.1) is 0 Å². The summed E-state index contributed by atoms with van der Waals surface area (Å²) in [7, 11) is 2.99. The van der Waals surface area contributed by atoms with Crippen molar-refractivity contribution in [2.75, 3.05) is 7.11 Å². The Morgan fingerprint density at radius 3 is 2.48 bits per heavy atom. The minimum atomic E-state index is -0.891. The van der Waals surface area contributed by atoms with Crippen molar-refractivity contribution in [3.05, 3.63) is 65.5 Å². The number of ether oxygens (including phenoxy) is 1. The molecular weight excluding hydrogens is 318 g/mol. The van der Waals surface area contributed by atoms with Gasteiger partial charge in [0.05, 0.1) is 12.8 Å². The largest absolute Gasteiger partial charge is 0.467 e. The van der Waals surface area contributed by atoms with Crippen LogP contribution >= 0.6 is 0 Å². The molecule has 0 radical (unpaired) electrons. The van der Waals surface area contributed by atoms with E-state index in [2.05, 4.69) is 10.4 Å². The summed E-state index contributed by atoms with van der Waals surface area (Å²) in [6, 6.07) is 14.2. The maximum absolute atomic E-state index is 12.6. The van der Waals surface area contributed by atoms with Crippen LogP contribution in [0.3, 0.4) is 0 Å². The zero-order valence-electron chi connectivity index (χ0n) is 14.3. The Labute approximate surface area is 145 Å². The lowest BCUT2D eigenvalue weighted by molar-refractivity contribution is -0.143. The van der Waals surface area contributed by atoms with Gasteiger partial charge in [0.25, 0.3) is 5.91 Å². The van der Waals surface area contributed by atoms with Crippen molar-refractivity contribution in [1.29, 1.82) is 0 Å². The first-order chi connectivity index (χ1) is 12.0. The molecule has 25 heavy (non-hydrogen) atoms. The number of carbonyl (C=O) groups is 2. The van der Waals surface area contributed by atoms with Crippen LogP contribution in [-0.2, 0) is 16.6 Å². The van der Waals surface area contributed by atoms with Gasteiger partial charge in [-0.3, -0.25) is 9.48 Å². The average molecular weight is 337 g/mol. The normalized spacial score (nSPS) is 12.0. The van der Waals surface area contributed by atoms with E-state index >= 15 is 0 Å². The lowest BCUT2D eigenvalue weighted by Crippen LogP contribution is -2.35. The van der Waals surface area contributed by atoms with Crippen LogP contribution in [0.25, 0.3) is 10.8 Å². The minimum absolute atomic E-state index is 0.382. The fraction of sp³-hybridized carbons (Fsp3) is 0.211. The van der Waals surface area contributed by atoms with Crippen molar-refractivity contribution in [2.24, 2.45) is 7.05 Å². The summed E-state index contributed by atoms with van der Waals surface area (Å²) < 4.78 is 6.36. The second-order valence-corrected chi connectivity index (χ2v) is 5.83. The maximum atomic E-state index is 12.6. The molecule has 128 valence electrons. The van der Waals surface area contributed by atoms with Crippen LogP contribution in [0.15, 0.2) is 48.5 Å². The van der Waals surface area contributed by atoms with Gasteiger partial charge in [-0.2, -0.15) is 5.10 Å². The summed E-state index contributed by atoms with van der Waals surface area (Å²) >= 11 is 0. The molecule has 1 heterocycles. The summed E-state index contributed by atoms with van der Waals surface area (Å²) in [5.41, 5.74) is 1.78. The Hall–Kier alpha value is -3.15. The Morgan fingerprint density at radius 1 is 1.12 bits per heavy atom. The summed E-state index contributed by atoms with van der Waals surface area (Å²) in [5, 5.41) is 8.95. The predicted molar refractivity (Wildman–Crippen MR) is 94.1 cm³/mol. The van der Waals surface area contributed by atoms with E-state index in [1.165, 1.54) is 11.8 Å². The topological polar surface area (TPSA) is 73.2 Å². The van der Waals surface area contributed by atoms with E-state index in [9.17, 15) is 9.59 Å². The van der Waals surface area contributed by atoms with Gasteiger partial charge < -0.3 is 10.1 Å². The molecular formula is C19H19N3O3. The average Bonchev–Trinajstić information content (AvgIpc) is 2.96. The number of amides is 1. The monoisotopic (exact) mass is 337 g/mol. The molecule has 3 rings (SSSR count). The number of fused-ring (bicyclic) bond motifs is 1. The van der Waals surface area contributed by atoms with Gasteiger partial charge >= 0.3 is 5.97 Å². The Bertz CT molecular complexity index is 946. The summed E-state index contributed by atoms with van der Waals surface area (Å²) in [5.74, 6) is -0.908. The highest BCUT2D eigenvalue weighted by Gasteiger charge is 2.25. The lowest BCUT2D eigenvalue weighted by atomic mass is 10.0. The van der Waals surface area contributed by atoms with Gasteiger partial charge in [0.15, 0.2) is 6.04 Å². The van der Waals surface area contributed by atoms with E-state index in [0.29, 0.717) is 11.3 Å². The second kappa shape index (κ2) is 6.76. The molecule has 0 aliphatic carbocycles. The highest BCUT2D eigenvalue weighted by molar-refractivity contribution is 5.96. The van der Waals surface area contributed by atoms with Gasteiger partial charge in [-0.05, 0) is 35.4 Å². The number of hydrogen-bond acceptors (Lipinski definition) is 4. The number of aromatic nitrogens is 2. The number of nitrogens with zero attached hydrogens (tertiary/aromatic N) is 2. The van der Waals surface area contributed by atoms with Crippen LogP contribution in [0.4, 0.5) is 0 Å². The van der Waals surface area contributed by atoms with Crippen LogP contribution < -0.4 is 5.32 Å². The van der Waals surface area contributed by atoms with Crippen LogP contribution in [-0.4, -0.2) is 28.8 Å². The third-order valence-corrected chi connectivity index (χ3v) is 4.05. The molecule has 6 heteroatoms. The van der Waals surface area contributed by atoms with Crippen molar-refractivity contribution in [3.63, 3.8) is 0 Å². The molecule has 0 aliphatic heterocycles. The quantitative estimate of drug-likeness (QED) is 0.743. The molecule has 1 aromatic heterocycles. The van der Waals surface area contributed by atoms with Crippen LogP contribution in [0, 0.1) is 6.92 Å². The molecule has 0 saturated heterocycles. The summed E-state index contributed by atoms with van der Waals surface area (Å²) in [6.45, 7) is 1.80. The molecule has 2 aromatic carbocycles. The molecule has 3 aromatic rings. The molecule has 1 N–H and O–H groups in total. The second-order valence-electron chi connectivity index (χ2n) is 5.83. The van der Waals surface area contributed by atoms with Crippen molar-refractivity contribution in [3.8, 4) is 0 Å². The molecule has 0 aliphatic rings. The van der Waals surface area contributed by atoms with E-state index in [0.717, 1.165) is 16.5 Å². The number of nitrogens with one attached hydrogen (secondary N) is 1. The molecule has 6 nitrogen and oxygen atoms in total. The number of carbonyl (C=O) groups excluding carboxylic acids is 2. The third-order valence-electron chi connectivity index (χ3n) is 4.05. The van der Waals surface area contributed by atoms with Gasteiger partial charge in [0.1, 0.15) is 5.69 Å². The number of aryl methyl sites for hydroxylation is 2. The van der Waals surface area contributed by atoms with Gasteiger partial charge in [0.2, 0.25) is 0 Å². The lowest BCUT2D eigenvalue weighted by Gasteiger charge is -2.17. The van der Waals surface area contributed by atoms with E-state index in [4.69, 9.17) is 4.74 Å². The highest BCUT2D eigenvalue weighted by Crippen LogP contribution is 2.22. The van der Waals surface area contributed by atoms with Crippen LogP contribution in [0.2, 0.25) is 0 Å². The van der Waals surface area contributed by atoms with Crippen molar-refractivity contribution in [1.82, 2.24) is 15.1 Å². The zero-order valence-corrected chi connectivity index (χ0v) is 14.3. The van der Waals surface area contributed by atoms with Gasteiger partial charge in [-0.1, -0.05) is 36.4 Å². The van der Waals surface area contributed by atoms with E-state index in [1.807, 2.05) is 42.5 Å². The SMILES string of the molecule is COC(=O)[C@H](NC(=O)c1cc(C)nn1C)c1ccc2ccccc2c1. The molecule has 1 amide bonds. The molecule has 0 bridgehead atoms. The van der Waals surface area contributed by atoms with E-state index < -0.39 is 12.0 Å². The summed E-state index contributed by atoms with van der Waals surface area (Å²) in [4.78, 5) is 24.8. The Balaban J connectivity index is 1.95. The number of rotatable bonds is 4. The number of benzene rings is 2. The molecule has 0 spiro atoms. The van der Waals surface area contributed by atoms with Crippen molar-refractivity contribution < 1.29 is 14.3 Å². The Morgan fingerprint density at radius 2 is 1.84 bits per heavy atom. The number of hydrogen-bond donors (Lipinski definition) is 1. The van der Waals surface area contributed by atoms with Gasteiger partial charge in [0, 0.05) is 7.05 Å². The van der Waals surface area contributed by atoms with Crippen molar-refractivity contribution >= 4 is 22.6 Å². The van der Waals surface area contributed by atoms with Crippen LogP contribution in [0.1, 0.15) is 27.8 Å². The predicted octanol–water partition coefficient (Wildman–Crippen LogP) is 2.53. The molecule has 0 saturated carbocycles. The summed E-state index contributed by atoms with van der Waals surface area (Å²) in [6.07, 6.45) is 0. The van der Waals surface area contributed by atoms with Crippen LogP contribution in [0.5, 0.6) is 0 Å². The van der Waals surface area contributed by atoms with E-state index in [-0.39, 0.29) is 5.91 Å². The molecule has 0 fully saturated rings. The molecule has 0 unspecified atom stereocenters. The number of esters is 1. The maximum Gasteiger partial charge on any atom is 0.333 e. The third kappa shape index (κ3) is 3.38. The Kier molecular flexibility index (Phi) is 4.52.